The van der Waals surface area contributed by atoms with Gasteiger partial charge in [-0.3, -0.25) is 0 Å². The highest BCUT2D eigenvalue weighted by Gasteiger charge is 2.35. The summed E-state index contributed by atoms with van der Waals surface area (Å²) in [4.78, 5) is 0. The lowest BCUT2D eigenvalue weighted by atomic mass is 9.81. The van der Waals surface area contributed by atoms with Crippen molar-refractivity contribution in [3.05, 3.63) is 205 Å². The highest BCUT2D eigenvalue weighted by Crippen LogP contribution is 2.51. The molecule has 0 aliphatic heterocycles. The molecule has 0 heteroatoms. The molecule has 0 saturated heterocycles. The number of hydrogen-bond donors (Lipinski definition) is 0. The first-order chi connectivity index (χ1) is 27.0. The Hall–Kier alpha value is -6.76. The van der Waals surface area contributed by atoms with E-state index in [4.69, 9.17) is 0 Å². The first-order valence-corrected chi connectivity index (χ1v) is 19.3. The van der Waals surface area contributed by atoms with Gasteiger partial charge in [0.05, 0.1) is 0 Å². The van der Waals surface area contributed by atoms with E-state index in [1.807, 2.05) is 0 Å². The molecule has 0 atom stereocenters. The summed E-state index contributed by atoms with van der Waals surface area (Å²) < 4.78 is 0. The van der Waals surface area contributed by atoms with Crippen molar-refractivity contribution in [2.75, 3.05) is 0 Å². The van der Waals surface area contributed by atoms with Crippen LogP contribution < -0.4 is 0 Å². The van der Waals surface area contributed by atoms with E-state index in [2.05, 4.69) is 208 Å². The highest BCUT2D eigenvalue weighted by atomic mass is 14.4. The van der Waals surface area contributed by atoms with Gasteiger partial charge in [0, 0.05) is 5.41 Å². The van der Waals surface area contributed by atoms with Gasteiger partial charge >= 0.3 is 0 Å². The van der Waals surface area contributed by atoms with Crippen molar-refractivity contribution >= 4 is 43.1 Å². The molecule has 10 aromatic rings. The Balaban J connectivity index is 1.19. The molecule has 0 heterocycles. The van der Waals surface area contributed by atoms with Gasteiger partial charge in [-0.2, -0.15) is 0 Å². The lowest BCUT2D eigenvalue weighted by Gasteiger charge is -2.22. The molecular weight excluding hydrogens is 661 g/mol. The van der Waals surface area contributed by atoms with E-state index in [9.17, 15) is 0 Å². The Kier molecular flexibility index (Phi) is 7.00. The Morgan fingerprint density at radius 2 is 0.818 bits per heavy atom. The maximum absolute atomic E-state index is 2.46. The van der Waals surface area contributed by atoms with Crippen molar-refractivity contribution in [3.63, 3.8) is 0 Å². The smallest absolute Gasteiger partial charge is 0.0159 e. The summed E-state index contributed by atoms with van der Waals surface area (Å²) in [7, 11) is 0. The van der Waals surface area contributed by atoms with E-state index in [0.29, 0.717) is 0 Å². The van der Waals surface area contributed by atoms with Crippen LogP contribution in [-0.4, -0.2) is 0 Å². The summed E-state index contributed by atoms with van der Waals surface area (Å²) in [6.07, 6.45) is 0. The van der Waals surface area contributed by atoms with Crippen molar-refractivity contribution in [3.8, 4) is 55.6 Å². The summed E-state index contributed by atoms with van der Waals surface area (Å²) >= 11 is 0. The average molecular weight is 699 g/mol. The zero-order valence-electron chi connectivity index (χ0n) is 31.0. The molecule has 0 unspecified atom stereocenters. The zero-order valence-corrected chi connectivity index (χ0v) is 31.0. The van der Waals surface area contributed by atoms with Crippen LogP contribution >= 0.6 is 0 Å². The monoisotopic (exact) mass is 698 g/mol. The molecule has 0 radical (unpaired) electrons. The normalized spacial score (nSPS) is 13.1. The van der Waals surface area contributed by atoms with Crippen LogP contribution in [0.15, 0.2) is 194 Å². The molecule has 0 fully saturated rings. The molecule has 1 aliphatic rings. The molecule has 0 spiro atoms. The Morgan fingerprint density at radius 3 is 1.69 bits per heavy atom. The molecule has 10 aromatic carbocycles. The van der Waals surface area contributed by atoms with Crippen molar-refractivity contribution in [1.29, 1.82) is 0 Å². The van der Waals surface area contributed by atoms with E-state index in [-0.39, 0.29) is 5.41 Å². The fraction of sp³-hybridized carbons (Fsp3) is 0.0545. The van der Waals surface area contributed by atoms with Crippen LogP contribution in [0.4, 0.5) is 0 Å². The maximum atomic E-state index is 2.46. The third kappa shape index (κ3) is 4.92. The lowest BCUT2D eigenvalue weighted by molar-refractivity contribution is 0.660. The van der Waals surface area contributed by atoms with Gasteiger partial charge in [-0.15, -0.1) is 0 Å². The highest BCUT2D eigenvalue weighted by molar-refractivity contribution is 6.24. The van der Waals surface area contributed by atoms with Crippen LogP contribution in [0, 0.1) is 0 Å². The van der Waals surface area contributed by atoms with Crippen LogP contribution in [-0.2, 0) is 5.41 Å². The van der Waals surface area contributed by atoms with Crippen LogP contribution in [0.5, 0.6) is 0 Å². The second-order valence-electron chi connectivity index (χ2n) is 15.7. The summed E-state index contributed by atoms with van der Waals surface area (Å²) in [6.45, 7) is 4.73. The van der Waals surface area contributed by atoms with Crippen LogP contribution in [0.1, 0.15) is 25.0 Å². The molecule has 1 aliphatic carbocycles. The van der Waals surface area contributed by atoms with Gasteiger partial charge in [-0.1, -0.05) is 184 Å². The summed E-state index contributed by atoms with van der Waals surface area (Å²) in [6, 6.07) is 72.4. The first-order valence-electron chi connectivity index (χ1n) is 19.3. The minimum Gasteiger partial charge on any atom is -0.0619 e. The van der Waals surface area contributed by atoms with E-state index >= 15 is 0 Å². The molecular formula is C55H38. The van der Waals surface area contributed by atoms with E-state index < -0.39 is 0 Å². The minimum atomic E-state index is -0.0646. The quantitative estimate of drug-likeness (QED) is 0.161. The van der Waals surface area contributed by atoms with Crippen molar-refractivity contribution in [2.45, 2.75) is 19.3 Å². The van der Waals surface area contributed by atoms with E-state index in [0.717, 1.165) is 0 Å². The Labute approximate surface area is 322 Å². The fourth-order valence-electron chi connectivity index (χ4n) is 9.51. The van der Waals surface area contributed by atoms with Gasteiger partial charge < -0.3 is 0 Å². The van der Waals surface area contributed by atoms with Crippen LogP contribution in [0.25, 0.3) is 98.7 Å². The molecule has 55 heavy (non-hydrogen) atoms. The lowest BCUT2D eigenvalue weighted by Crippen LogP contribution is -2.14. The van der Waals surface area contributed by atoms with Gasteiger partial charge in [-0.25, -0.2) is 0 Å². The number of rotatable bonds is 4. The maximum Gasteiger partial charge on any atom is 0.0159 e. The second-order valence-corrected chi connectivity index (χ2v) is 15.7. The minimum absolute atomic E-state index is 0.0646. The van der Waals surface area contributed by atoms with Crippen LogP contribution in [0.3, 0.4) is 0 Å². The van der Waals surface area contributed by atoms with Gasteiger partial charge in [-0.05, 0) is 134 Å². The molecule has 11 rings (SSSR count). The molecule has 0 N–H and O–H groups in total. The van der Waals surface area contributed by atoms with Crippen molar-refractivity contribution in [2.24, 2.45) is 0 Å². The topological polar surface area (TPSA) is 0 Å². The Morgan fingerprint density at radius 1 is 0.273 bits per heavy atom. The third-order valence-corrected chi connectivity index (χ3v) is 12.2. The largest absolute Gasteiger partial charge is 0.0619 e. The van der Waals surface area contributed by atoms with Crippen LogP contribution in [0.2, 0.25) is 0 Å². The predicted octanol–water partition coefficient (Wildman–Crippen LogP) is 15.3. The molecule has 0 amide bonds. The fourth-order valence-corrected chi connectivity index (χ4v) is 9.51. The second kappa shape index (κ2) is 12.1. The number of hydrogen-bond acceptors (Lipinski definition) is 0. The average Bonchev–Trinajstić information content (AvgIpc) is 3.47. The van der Waals surface area contributed by atoms with Gasteiger partial charge in [0.15, 0.2) is 0 Å². The van der Waals surface area contributed by atoms with E-state index in [1.54, 1.807) is 0 Å². The van der Waals surface area contributed by atoms with Crippen molar-refractivity contribution in [1.82, 2.24) is 0 Å². The standard InChI is InChI=1S/C55H38/c1-55(2)51-24-10-9-20-44(51)45-29-27-41(34-52(45)55)40-28-30-49-50(33-40)53(42-18-11-17-38(32-42)39-26-25-35-13-3-4-15-37(35)31-39)47-21-7-8-22-48(47)54(49)46-23-12-16-36-14-5-6-19-43(36)46/h3-34H,1-2H3. The zero-order chi connectivity index (χ0) is 36.7. The Bertz CT molecular complexity index is 3170. The molecule has 0 aromatic heterocycles. The molecule has 0 bridgehead atoms. The number of benzene rings is 10. The molecule has 0 nitrogen and oxygen atoms in total. The SMILES string of the molecule is CC1(C)c2ccccc2-c2ccc(-c3ccc4c(-c5cccc6ccccc56)c5ccccc5c(-c5cccc(-c6ccc7ccccc7c6)c5)c4c3)cc21. The van der Waals surface area contributed by atoms with Gasteiger partial charge in [0.2, 0.25) is 0 Å². The molecule has 0 saturated carbocycles. The summed E-state index contributed by atoms with van der Waals surface area (Å²) in [5, 5.41) is 10.1. The first kappa shape index (κ1) is 31.7. The third-order valence-electron chi connectivity index (χ3n) is 12.2. The number of fused-ring (bicyclic) bond motifs is 7. The molecule has 258 valence electrons. The van der Waals surface area contributed by atoms with E-state index in [1.165, 1.54) is 110 Å². The van der Waals surface area contributed by atoms with Gasteiger partial charge in [0.25, 0.3) is 0 Å². The van der Waals surface area contributed by atoms with Crippen molar-refractivity contribution < 1.29 is 0 Å². The van der Waals surface area contributed by atoms with Gasteiger partial charge in [0.1, 0.15) is 0 Å². The summed E-state index contributed by atoms with van der Waals surface area (Å²) in [5.41, 5.74) is 15.4. The summed E-state index contributed by atoms with van der Waals surface area (Å²) in [5.74, 6) is 0. The predicted molar refractivity (Wildman–Crippen MR) is 236 cm³/mol.